The highest BCUT2D eigenvalue weighted by Crippen LogP contribution is 2.26. The van der Waals surface area contributed by atoms with Gasteiger partial charge in [0.25, 0.3) is 0 Å². The predicted molar refractivity (Wildman–Crippen MR) is 48.6 cm³/mol. The van der Waals surface area contributed by atoms with Gasteiger partial charge in [0.1, 0.15) is 0 Å². The molecule has 0 aromatic heterocycles. The predicted octanol–water partition coefficient (Wildman–Crippen LogP) is 2.55. The molecule has 1 aliphatic carbocycles. The molecule has 0 atom stereocenters. The molecule has 0 N–H and O–H groups in total. The van der Waals surface area contributed by atoms with Gasteiger partial charge in [0, 0.05) is 12.0 Å². The van der Waals surface area contributed by atoms with E-state index in [1.54, 1.807) is 0 Å². The van der Waals surface area contributed by atoms with Crippen molar-refractivity contribution in [3.63, 3.8) is 0 Å². The summed E-state index contributed by atoms with van der Waals surface area (Å²) in [6, 6.07) is 6.23. The molecule has 2 rings (SSSR count). The molecular formula is C11H12O. The van der Waals surface area contributed by atoms with Crippen LogP contribution in [0.4, 0.5) is 0 Å². The summed E-state index contributed by atoms with van der Waals surface area (Å²) in [4.78, 5) is 11.1. The van der Waals surface area contributed by atoms with Crippen LogP contribution < -0.4 is 0 Å². The van der Waals surface area contributed by atoms with Crippen LogP contribution in [0.5, 0.6) is 0 Å². The Morgan fingerprint density at radius 2 is 2.08 bits per heavy atom. The third-order valence-corrected chi connectivity index (χ3v) is 2.45. The lowest BCUT2D eigenvalue weighted by atomic mass is 9.84. The Hall–Kier alpha value is -1.11. The van der Waals surface area contributed by atoms with Gasteiger partial charge >= 0.3 is 0 Å². The fourth-order valence-electron chi connectivity index (χ4n) is 1.53. The molecule has 0 aliphatic heterocycles. The summed E-state index contributed by atoms with van der Waals surface area (Å²) < 4.78 is 0. The highest BCUT2D eigenvalue weighted by molar-refractivity contribution is 6.06. The number of ketones is 1. The second kappa shape index (κ2) is 2.44. The van der Waals surface area contributed by atoms with E-state index >= 15 is 0 Å². The number of rotatable bonds is 1. The van der Waals surface area contributed by atoms with Crippen molar-refractivity contribution < 1.29 is 4.79 Å². The van der Waals surface area contributed by atoms with Gasteiger partial charge in [-0.15, -0.1) is 0 Å². The van der Waals surface area contributed by atoms with Crippen LogP contribution in [-0.2, 0) is 6.42 Å². The summed E-state index contributed by atoms with van der Waals surface area (Å²) in [6.45, 7) is 4.29. The first-order valence-corrected chi connectivity index (χ1v) is 4.34. The number of benzene rings is 1. The molecule has 0 saturated carbocycles. The lowest BCUT2D eigenvalue weighted by molar-refractivity contribution is 0.0968. The molecule has 0 amide bonds. The number of fused-ring (bicyclic) bond motifs is 1. The molecule has 1 nitrogen and oxygen atoms in total. The molecule has 0 fully saturated rings. The zero-order valence-corrected chi connectivity index (χ0v) is 7.42. The number of Topliss-reactive ketones (excluding diaryl/α,β-unsaturated/α-hetero) is 1. The van der Waals surface area contributed by atoms with Crippen LogP contribution in [0.25, 0.3) is 0 Å². The molecule has 0 saturated heterocycles. The van der Waals surface area contributed by atoms with E-state index in [0.29, 0.717) is 18.1 Å². The number of carbonyl (C=O) groups is 1. The van der Waals surface area contributed by atoms with Gasteiger partial charge in [0.15, 0.2) is 5.78 Å². The Balaban J connectivity index is 2.45. The maximum Gasteiger partial charge on any atom is 0.167 e. The van der Waals surface area contributed by atoms with Crippen LogP contribution in [0.2, 0.25) is 0 Å². The molecule has 0 heterocycles. The minimum atomic E-state index is 0.299. The molecule has 1 heteroatoms. The maximum absolute atomic E-state index is 11.1. The van der Waals surface area contributed by atoms with Gasteiger partial charge < -0.3 is 0 Å². The summed E-state index contributed by atoms with van der Waals surface area (Å²) in [5, 5.41) is 0. The first kappa shape index (κ1) is 7.53. The van der Waals surface area contributed by atoms with Crippen molar-refractivity contribution in [1.29, 1.82) is 0 Å². The van der Waals surface area contributed by atoms with Crippen molar-refractivity contribution in [2.75, 3.05) is 0 Å². The van der Waals surface area contributed by atoms with E-state index in [9.17, 15) is 4.79 Å². The molecule has 0 radical (unpaired) electrons. The topological polar surface area (TPSA) is 17.1 Å². The third-order valence-electron chi connectivity index (χ3n) is 2.45. The Morgan fingerprint density at radius 1 is 1.33 bits per heavy atom. The van der Waals surface area contributed by atoms with Crippen LogP contribution in [0.1, 0.15) is 41.3 Å². The minimum absolute atomic E-state index is 0.299. The average molecular weight is 160 g/mol. The Labute approximate surface area is 72.4 Å². The van der Waals surface area contributed by atoms with Crippen molar-refractivity contribution in [1.82, 2.24) is 0 Å². The second-order valence-electron chi connectivity index (χ2n) is 3.67. The summed E-state index contributed by atoms with van der Waals surface area (Å²) in [5.41, 5.74) is 3.42. The zero-order chi connectivity index (χ0) is 8.72. The molecule has 0 bridgehead atoms. The van der Waals surface area contributed by atoms with Crippen molar-refractivity contribution in [3.8, 4) is 0 Å². The molecular weight excluding hydrogens is 148 g/mol. The largest absolute Gasteiger partial charge is 0.294 e. The fourth-order valence-corrected chi connectivity index (χ4v) is 1.53. The van der Waals surface area contributed by atoms with Gasteiger partial charge in [-0.2, -0.15) is 0 Å². The molecule has 1 aromatic carbocycles. The lowest BCUT2D eigenvalue weighted by Crippen LogP contribution is -2.18. The van der Waals surface area contributed by atoms with E-state index in [-0.39, 0.29) is 0 Å². The van der Waals surface area contributed by atoms with Crippen molar-refractivity contribution in [3.05, 3.63) is 34.9 Å². The van der Waals surface area contributed by atoms with Gasteiger partial charge in [0.05, 0.1) is 0 Å². The highest BCUT2D eigenvalue weighted by atomic mass is 16.1. The Bertz CT molecular complexity index is 337. The van der Waals surface area contributed by atoms with Gasteiger partial charge in [-0.25, -0.2) is 0 Å². The van der Waals surface area contributed by atoms with Gasteiger partial charge in [-0.1, -0.05) is 26.0 Å². The minimum Gasteiger partial charge on any atom is -0.294 e. The van der Waals surface area contributed by atoms with E-state index < -0.39 is 0 Å². The monoisotopic (exact) mass is 160 g/mol. The first-order valence-electron chi connectivity index (χ1n) is 4.34. The highest BCUT2D eigenvalue weighted by Gasteiger charge is 2.22. The Kier molecular flexibility index (Phi) is 1.53. The van der Waals surface area contributed by atoms with Crippen LogP contribution in [0.15, 0.2) is 18.2 Å². The molecule has 0 unspecified atom stereocenters. The number of hydrogen-bond donors (Lipinski definition) is 0. The Morgan fingerprint density at radius 3 is 2.67 bits per heavy atom. The van der Waals surface area contributed by atoms with Gasteiger partial charge in [0.2, 0.25) is 0 Å². The van der Waals surface area contributed by atoms with Crippen molar-refractivity contribution >= 4 is 5.78 Å². The zero-order valence-electron chi connectivity index (χ0n) is 7.42. The standard InChI is InChI=1S/C11H12O/c1-7(2)8-3-4-9-6-11(12)10(9)5-8/h3-5,7H,6H2,1-2H3. The molecule has 1 aliphatic rings. The van der Waals surface area contributed by atoms with Gasteiger partial charge in [-0.3, -0.25) is 4.79 Å². The van der Waals surface area contributed by atoms with Crippen LogP contribution in [-0.4, -0.2) is 5.78 Å². The quantitative estimate of drug-likeness (QED) is 0.617. The lowest BCUT2D eigenvalue weighted by Gasteiger charge is -2.18. The summed E-state index contributed by atoms with van der Waals surface area (Å²) in [5.74, 6) is 0.816. The maximum atomic E-state index is 11.1. The van der Waals surface area contributed by atoms with Crippen LogP contribution in [0.3, 0.4) is 0 Å². The number of hydrogen-bond acceptors (Lipinski definition) is 1. The SMILES string of the molecule is CC(C)c1ccc2c(c1)C(=O)C2. The van der Waals surface area contributed by atoms with E-state index in [1.165, 1.54) is 11.1 Å². The van der Waals surface area contributed by atoms with Crippen LogP contribution >= 0.6 is 0 Å². The molecule has 0 spiro atoms. The first-order chi connectivity index (χ1) is 5.68. The van der Waals surface area contributed by atoms with E-state index in [0.717, 1.165) is 5.56 Å². The second-order valence-corrected chi connectivity index (χ2v) is 3.67. The number of carbonyl (C=O) groups excluding carboxylic acids is 1. The molecule has 62 valence electrons. The van der Waals surface area contributed by atoms with Crippen molar-refractivity contribution in [2.45, 2.75) is 26.2 Å². The van der Waals surface area contributed by atoms with E-state index in [2.05, 4.69) is 26.0 Å². The third kappa shape index (κ3) is 0.970. The van der Waals surface area contributed by atoms with Gasteiger partial charge in [-0.05, 0) is 23.1 Å². The molecule has 12 heavy (non-hydrogen) atoms. The summed E-state index contributed by atoms with van der Waals surface area (Å²) >= 11 is 0. The van der Waals surface area contributed by atoms with E-state index in [4.69, 9.17) is 0 Å². The van der Waals surface area contributed by atoms with Crippen molar-refractivity contribution in [2.24, 2.45) is 0 Å². The summed E-state index contributed by atoms with van der Waals surface area (Å²) in [6.07, 6.45) is 0.647. The average Bonchev–Trinajstić information content (AvgIpc) is 2.02. The fraction of sp³-hybridized carbons (Fsp3) is 0.364. The normalized spacial score (nSPS) is 14.4. The summed E-state index contributed by atoms with van der Waals surface area (Å²) in [7, 11) is 0. The molecule has 1 aromatic rings. The van der Waals surface area contributed by atoms with Crippen LogP contribution in [0, 0.1) is 0 Å². The van der Waals surface area contributed by atoms with E-state index in [1.807, 2.05) is 6.07 Å². The smallest absolute Gasteiger partial charge is 0.167 e.